The number of benzene rings is 2. The molecule has 1 aliphatic heterocycles. The van der Waals surface area contributed by atoms with Gasteiger partial charge in [-0.1, -0.05) is 30.3 Å². The number of H-pyrrole nitrogens is 1. The van der Waals surface area contributed by atoms with Crippen molar-refractivity contribution in [1.82, 2.24) is 20.1 Å². The van der Waals surface area contributed by atoms with Crippen LogP contribution in [0.25, 0.3) is 10.9 Å². The second kappa shape index (κ2) is 12.2. The van der Waals surface area contributed by atoms with Crippen LogP contribution in [0.2, 0.25) is 0 Å². The highest BCUT2D eigenvalue weighted by molar-refractivity contribution is 7.80. The summed E-state index contributed by atoms with van der Waals surface area (Å²) in [6, 6.07) is 18.0. The number of thiocarbonyl (C=S) groups is 1. The van der Waals surface area contributed by atoms with Gasteiger partial charge in [-0.3, -0.25) is 9.69 Å². The summed E-state index contributed by atoms with van der Waals surface area (Å²) in [7, 11) is 0. The Morgan fingerprint density at radius 2 is 1.97 bits per heavy atom. The van der Waals surface area contributed by atoms with Crippen molar-refractivity contribution in [2.45, 2.75) is 26.4 Å². The number of aromatic nitrogens is 1. The normalized spacial score (nSPS) is 15.0. The summed E-state index contributed by atoms with van der Waals surface area (Å²) in [5.74, 6) is 0.788. The molecule has 1 aliphatic rings. The summed E-state index contributed by atoms with van der Waals surface area (Å²) >= 11 is 5.85. The molecule has 1 aromatic heterocycles. The van der Waals surface area contributed by atoms with Crippen LogP contribution in [0.5, 0.6) is 5.75 Å². The highest BCUT2D eigenvalue weighted by atomic mass is 32.1. The average Bonchev–Trinajstić information content (AvgIpc) is 2.88. The Bertz CT molecular complexity index is 1180. The van der Waals surface area contributed by atoms with E-state index >= 15 is 0 Å². The molecular weight excluding hydrogens is 460 g/mol. The third-order valence-corrected chi connectivity index (χ3v) is 6.66. The van der Waals surface area contributed by atoms with E-state index in [0.717, 1.165) is 55.1 Å². The van der Waals surface area contributed by atoms with Crippen LogP contribution in [-0.4, -0.2) is 65.9 Å². The van der Waals surface area contributed by atoms with Crippen LogP contribution in [0.15, 0.2) is 59.4 Å². The van der Waals surface area contributed by atoms with Gasteiger partial charge in [-0.2, -0.15) is 0 Å². The summed E-state index contributed by atoms with van der Waals surface area (Å²) < 4.78 is 11.1. The fourth-order valence-corrected chi connectivity index (χ4v) is 4.58. The van der Waals surface area contributed by atoms with Gasteiger partial charge in [0.1, 0.15) is 5.75 Å². The smallest absolute Gasteiger partial charge is 0.253 e. The fourth-order valence-electron chi connectivity index (χ4n) is 4.25. The first kappa shape index (κ1) is 25.2. The quantitative estimate of drug-likeness (QED) is 0.440. The Morgan fingerprint density at radius 3 is 2.71 bits per heavy atom. The van der Waals surface area contributed by atoms with E-state index in [0.29, 0.717) is 30.4 Å². The van der Waals surface area contributed by atoms with Gasteiger partial charge in [0.15, 0.2) is 5.11 Å². The molecular formula is C27H34N4O3S. The van der Waals surface area contributed by atoms with E-state index in [-0.39, 0.29) is 11.6 Å². The van der Waals surface area contributed by atoms with Crippen molar-refractivity contribution in [2.24, 2.45) is 0 Å². The van der Waals surface area contributed by atoms with Gasteiger partial charge < -0.3 is 24.7 Å². The maximum absolute atomic E-state index is 12.9. The minimum absolute atomic E-state index is 0.0539. The van der Waals surface area contributed by atoms with Crippen molar-refractivity contribution in [3.05, 3.63) is 76.1 Å². The second-order valence-corrected chi connectivity index (χ2v) is 9.15. The van der Waals surface area contributed by atoms with Crippen LogP contribution in [0, 0.1) is 0 Å². The first-order valence-corrected chi connectivity index (χ1v) is 12.6. The maximum Gasteiger partial charge on any atom is 0.253 e. The third-order valence-electron chi connectivity index (χ3n) is 6.28. The van der Waals surface area contributed by atoms with Crippen molar-refractivity contribution < 1.29 is 9.47 Å². The number of pyridine rings is 1. The Kier molecular flexibility index (Phi) is 8.74. The summed E-state index contributed by atoms with van der Waals surface area (Å²) in [6.45, 7) is 9.95. The lowest BCUT2D eigenvalue weighted by Crippen LogP contribution is -2.46. The number of morpholine rings is 1. The van der Waals surface area contributed by atoms with Crippen LogP contribution in [-0.2, 0) is 11.3 Å². The SMILES string of the molecule is CCOc1ccc2[nH]c(=O)c(CN(CCN3CCOCC3)C(=S)NC(C)c3ccccc3)cc2c1. The molecule has 1 saturated heterocycles. The lowest BCUT2D eigenvalue weighted by Gasteiger charge is -2.32. The zero-order valence-electron chi connectivity index (χ0n) is 20.5. The lowest BCUT2D eigenvalue weighted by molar-refractivity contribution is 0.0357. The molecule has 1 unspecified atom stereocenters. The number of rotatable bonds is 9. The number of aromatic amines is 1. The number of hydrogen-bond donors (Lipinski definition) is 2. The molecule has 2 N–H and O–H groups in total. The summed E-state index contributed by atoms with van der Waals surface area (Å²) in [6.07, 6.45) is 0. The monoisotopic (exact) mass is 494 g/mol. The van der Waals surface area contributed by atoms with Gasteiger partial charge in [-0.25, -0.2) is 0 Å². The molecule has 35 heavy (non-hydrogen) atoms. The molecule has 4 rings (SSSR count). The van der Waals surface area contributed by atoms with Crippen molar-refractivity contribution >= 4 is 28.2 Å². The fraction of sp³-hybridized carbons (Fsp3) is 0.407. The molecule has 0 radical (unpaired) electrons. The number of fused-ring (bicyclic) bond motifs is 1. The predicted molar refractivity (Wildman–Crippen MR) is 144 cm³/mol. The third kappa shape index (κ3) is 6.81. The zero-order chi connectivity index (χ0) is 24.6. The largest absolute Gasteiger partial charge is 0.494 e. The van der Waals surface area contributed by atoms with E-state index in [4.69, 9.17) is 21.7 Å². The molecule has 0 saturated carbocycles. The van der Waals surface area contributed by atoms with Crippen LogP contribution in [0.1, 0.15) is 31.0 Å². The van der Waals surface area contributed by atoms with Gasteiger partial charge in [0, 0.05) is 42.6 Å². The zero-order valence-corrected chi connectivity index (χ0v) is 21.3. The van der Waals surface area contributed by atoms with Gasteiger partial charge in [0.2, 0.25) is 0 Å². The average molecular weight is 495 g/mol. The number of nitrogens with one attached hydrogen (secondary N) is 2. The molecule has 2 aromatic carbocycles. The molecule has 0 aliphatic carbocycles. The van der Waals surface area contributed by atoms with E-state index in [2.05, 4.69) is 39.2 Å². The molecule has 1 atom stereocenters. The summed E-state index contributed by atoms with van der Waals surface area (Å²) in [5, 5.41) is 5.04. The van der Waals surface area contributed by atoms with Gasteiger partial charge in [-0.15, -0.1) is 0 Å². The molecule has 0 amide bonds. The van der Waals surface area contributed by atoms with Crippen LogP contribution in [0.3, 0.4) is 0 Å². The second-order valence-electron chi connectivity index (χ2n) is 8.76. The molecule has 1 fully saturated rings. The molecule has 0 bridgehead atoms. The van der Waals surface area contributed by atoms with Gasteiger partial charge in [-0.05, 0) is 55.9 Å². The highest BCUT2D eigenvalue weighted by Gasteiger charge is 2.18. The van der Waals surface area contributed by atoms with E-state index < -0.39 is 0 Å². The first-order chi connectivity index (χ1) is 17.0. The van der Waals surface area contributed by atoms with Crippen molar-refractivity contribution in [1.29, 1.82) is 0 Å². The Hall–Kier alpha value is -2.94. The Labute approximate surface area is 212 Å². The maximum atomic E-state index is 12.9. The Morgan fingerprint density at radius 1 is 1.20 bits per heavy atom. The topological polar surface area (TPSA) is 69.8 Å². The number of hydrogen-bond acceptors (Lipinski definition) is 5. The Balaban J connectivity index is 1.54. The molecule has 0 spiro atoms. The van der Waals surface area contributed by atoms with Crippen molar-refractivity contribution in [3.63, 3.8) is 0 Å². The lowest BCUT2D eigenvalue weighted by atomic mass is 10.1. The predicted octanol–water partition coefficient (Wildman–Crippen LogP) is 3.70. The number of ether oxygens (including phenoxy) is 2. The molecule has 2 heterocycles. The first-order valence-electron chi connectivity index (χ1n) is 12.2. The number of nitrogens with zero attached hydrogens (tertiary/aromatic N) is 2. The molecule has 3 aromatic rings. The molecule has 186 valence electrons. The highest BCUT2D eigenvalue weighted by Crippen LogP contribution is 2.20. The van der Waals surface area contributed by atoms with Crippen LogP contribution in [0.4, 0.5) is 0 Å². The standard InChI is InChI=1S/C27H34N4O3S/c1-3-34-24-9-10-25-22(18-24)17-23(26(32)29-25)19-31(12-11-30-13-15-33-16-14-30)27(35)28-20(2)21-7-5-4-6-8-21/h4-10,17-18,20H,3,11-16,19H2,1-2H3,(H,28,35)(H,29,32). The van der Waals surface area contributed by atoms with Crippen LogP contribution < -0.4 is 15.6 Å². The van der Waals surface area contributed by atoms with Gasteiger partial charge in [0.25, 0.3) is 5.56 Å². The van der Waals surface area contributed by atoms with Crippen molar-refractivity contribution in [3.8, 4) is 5.75 Å². The molecule has 7 nitrogen and oxygen atoms in total. The van der Waals surface area contributed by atoms with Gasteiger partial charge in [0.05, 0.1) is 32.4 Å². The van der Waals surface area contributed by atoms with E-state index in [1.165, 1.54) is 0 Å². The van der Waals surface area contributed by atoms with Crippen LogP contribution >= 0.6 is 12.2 Å². The van der Waals surface area contributed by atoms with E-state index in [1.807, 2.05) is 49.4 Å². The summed E-state index contributed by atoms with van der Waals surface area (Å²) in [5.41, 5.74) is 2.53. The minimum atomic E-state index is -0.100. The summed E-state index contributed by atoms with van der Waals surface area (Å²) in [4.78, 5) is 20.4. The van der Waals surface area contributed by atoms with Crippen molar-refractivity contribution in [2.75, 3.05) is 46.0 Å². The molecule has 8 heteroatoms. The minimum Gasteiger partial charge on any atom is -0.494 e. The van der Waals surface area contributed by atoms with E-state index in [1.54, 1.807) is 0 Å². The van der Waals surface area contributed by atoms with Gasteiger partial charge >= 0.3 is 0 Å². The van der Waals surface area contributed by atoms with E-state index in [9.17, 15) is 4.79 Å².